The van der Waals surface area contributed by atoms with Crippen LogP contribution in [-0.2, 0) is 4.74 Å². The molecule has 0 spiro atoms. The van der Waals surface area contributed by atoms with E-state index in [-0.39, 0.29) is 33.7 Å². The standard InChI is InChI=1S/C31H21NO7/c1-19-9-11-21(12-10-19)31(37)39-24-15-13-20(14-16-24)27(33)18-38-30(36)22-5-4-6-23(17-22)32-28(34)25-7-2-3-8-26(25)29(32)35/h2-17H,18H2,1H3. The van der Waals surface area contributed by atoms with Crippen molar-refractivity contribution in [2.45, 2.75) is 6.92 Å². The molecule has 0 aliphatic carbocycles. The Balaban J connectivity index is 1.20. The smallest absolute Gasteiger partial charge is 0.343 e. The molecule has 8 heteroatoms. The molecule has 0 aromatic heterocycles. The van der Waals surface area contributed by atoms with Crippen LogP contribution < -0.4 is 9.64 Å². The van der Waals surface area contributed by atoms with Crippen LogP contribution in [0.15, 0.2) is 97.1 Å². The van der Waals surface area contributed by atoms with Crippen LogP contribution in [0.1, 0.15) is 57.4 Å². The number of imide groups is 1. The lowest BCUT2D eigenvalue weighted by Crippen LogP contribution is -2.29. The van der Waals surface area contributed by atoms with E-state index < -0.39 is 36.1 Å². The molecular weight excluding hydrogens is 498 g/mol. The van der Waals surface area contributed by atoms with Gasteiger partial charge in [-0.3, -0.25) is 14.4 Å². The highest BCUT2D eigenvalue weighted by atomic mass is 16.5. The average Bonchev–Trinajstić information content (AvgIpc) is 3.21. The van der Waals surface area contributed by atoms with Crippen molar-refractivity contribution in [1.29, 1.82) is 0 Å². The molecule has 0 saturated heterocycles. The molecule has 0 N–H and O–H groups in total. The van der Waals surface area contributed by atoms with Gasteiger partial charge in [0, 0.05) is 5.56 Å². The summed E-state index contributed by atoms with van der Waals surface area (Å²) in [4.78, 5) is 64.0. The SMILES string of the molecule is Cc1ccc(C(=O)Oc2ccc(C(=O)COC(=O)c3cccc(N4C(=O)c5ccccc5C4=O)c3)cc2)cc1. The van der Waals surface area contributed by atoms with Gasteiger partial charge in [-0.2, -0.15) is 0 Å². The molecule has 0 fully saturated rings. The molecule has 39 heavy (non-hydrogen) atoms. The van der Waals surface area contributed by atoms with Crippen molar-refractivity contribution < 1.29 is 33.4 Å². The number of aryl methyl sites for hydroxylation is 1. The first-order valence-electron chi connectivity index (χ1n) is 12.0. The van der Waals surface area contributed by atoms with Gasteiger partial charge < -0.3 is 9.47 Å². The van der Waals surface area contributed by atoms with Crippen LogP contribution in [-0.4, -0.2) is 36.1 Å². The van der Waals surface area contributed by atoms with Gasteiger partial charge in [0.1, 0.15) is 5.75 Å². The van der Waals surface area contributed by atoms with Gasteiger partial charge in [-0.05, 0) is 73.7 Å². The Morgan fingerprint density at radius 1 is 0.667 bits per heavy atom. The Labute approximate surface area is 223 Å². The van der Waals surface area contributed by atoms with Gasteiger partial charge in [0.2, 0.25) is 0 Å². The second-order valence-electron chi connectivity index (χ2n) is 8.82. The molecule has 2 amide bonds. The zero-order valence-electron chi connectivity index (χ0n) is 20.7. The lowest BCUT2D eigenvalue weighted by molar-refractivity contribution is 0.0474. The highest BCUT2D eigenvalue weighted by Crippen LogP contribution is 2.29. The summed E-state index contributed by atoms with van der Waals surface area (Å²) < 4.78 is 10.5. The Morgan fingerprint density at radius 3 is 1.92 bits per heavy atom. The molecule has 0 radical (unpaired) electrons. The van der Waals surface area contributed by atoms with Gasteiger partial charge in [-0.15, -0.1) is 0 Å². The number of nitrogens with zero attached hydrogens (tertiary/aromatic N) is 1. The maximum Gasteiger partial charge on any atom is 0.343 e. The normalized spacial score (nSPS) is 12.2. The number of amides is 2. The summed E-state index contributed by atoms with van der Waals surface area (Å²) in [7, 11) is 0. The number of fused-ring (bicyclic) bond motifs is 1. The lowest BCUT2D eigenvalue weighted by Gasteiger charge is -2.14. The summed E-state index contributed by atoms with van der Waals surface area (Å²) >= 11 is 0. The van der Waals surface area contributed by atoms with Gasteiger partial charge in [0.05, 0.1) is 27.9 Å². The summed E-state index contributed by atoms with van der Waals surface area (Å²) in [6, 6.07) is 25.2. The van der Waals surface area contributed by atoms with E-state index in [4.69, 9.17) is 9.47 Å². The molecule has 5 rings (SSSR count). The fourth-order valence-corrected chi connectivity index (χ4v) is 4.06. The molecule has 192 valence electrons. The van der Waals surface area contributed by atoms with E-state index in [2.05, 4.69) is 0 Å². The van der Waals surface area contributed by atoms with Crippen LogP contribution in [0.2, 0.25) is 0 Å². The molecule has 1 aliphatic rings. The minimum atomic E-state index is -0.787. The molecule has 8 nitrogen and oxygen atoms in total. The first-order valence-corrected chi connectivity index (χ1v) is 12.0. The van der Waals surface area contributed by atoms with E-state index >= 15 is 0 Å². The van der Waals surface area contributed by atoms with Gasteiger partial charge in [0.15, 0.2) is 12.4 Å². The Hall–Kier alpha value is -5.37. The second-order valence-corrected chi connectivity index (χ2v) is 8.82. The van der Waals surface area contributed by atoms with E-state index in [1.807, 2.05) is 6.92 Å². The second kappa shape index (κ2) is 10.5. The number of esters is 2. The minimum Gasteiger partial charge on any atom is -0.454 e. The van der Waals surface area contributed by atoms with Gasteiger partial charge >= 0.3 is 11.9 Å². The van der Waals surface area contributed by atoms with Crippen LogP contribution >= 0.6 is 0 Å². The van der Waals surface area contributed by atoms with Gasteiger partial charge in [-0.1, -0.05) is 35.9 Å². The van der Waals surface area contributed by atoms with Crippen LogP contribution in [0, 0.1) is 6.92 Å². The molecule has 0 bridgehead atoms. The minimum absolute atomic E-state index is 0.0789. The van der Waals surface area contributed by atoms with Crippen molar-refractivity contribution in [3.63, 3.8) is 0 Å². The van der Waals surface area contributed by atoms with Crippen LogP contribution in [0.5, 0.6) is 5.75 Å². The van der Waals surface area contributed by atoms with Crippen molar-refractivity contribution in [2.24, 2.45) is 0 Å². The largest absolute Gasteiger partial charge is 0.454 e. The highest BCUT2D eigenvalue weighted by Gasteiger charge is 2.36. The van der Waals surface area contributed by atoms with Gasteiger partial charge in [-0.25, -0.2) is 14.5 Å². The molecule has 1 heterocycles. The Kier molecular flexibility index (Phi) is 6.84. The third kappa shape index (κ3) is 5.21. The predicted octanol–water partition coefficient (Wildman–Crippen LogP) is 5.05. The summed E-state index contributed by atoms with van der Waals surface area (Å²) in [5.74, 6) is -2.47. The van der Waals surface area contributed by atoms with Crippen LogP contribution in [0.3, 0.4) is 0 Å². The van der Waals surface area contributed by atoms with E-state index in [0.717, 1.165) is 10.5 Å². The van der Waals surface area contributed by atoms with Gasteiger partial charge in [0.25, 0.3) is 11.8 Å². The highest BCUT2D eigenvalue weighted by molar-refractivity contribution is 6.34. The molecule has 1 aliphatic heterocycles. The number of Topliss-reactive ketones (excluding diaryl/α,β-unsaturated/α-hetero) is 1. The zero-order chi connectivity index (χ0) is 27.5. The number of hydrogen-bond donors (Lipinski definition) is 0. The van der Waals surface area contributed by atoms with E-state index in [9.17, 15) is 24.0 Å². The van der Waals surface area contributed by atoms with Crippen molar-refractivity contribution in [2.75, 3.05) is 11.5 Å². The predicted molar refractivity (Wildman–Crippen MR) is 141 cm³/mol. The Morgan fingerprint density at radius 2 is 1.28 bits per heavy atom. The summed E-state index contributed by atoms with van der Waals surface area (Å²) in [5, 5.41) is 0. The number of ketones is 1. The number of rotatable bonds is 7. The molecule has 0 atom stereocenters. The maximum atomic E-state index is 12.7. The number of hydrogen-bond acceptors (Lipinski definition) is 7. The fraction of sp³-hybridized carbons (Fsp3) is 0.0645. The summed E-state index contributed by atoms with van der Waals surface area (Å²) in [5.41, 5.74) is 2.56. The number of ether oxygens (including phenoxy) is 2. The first-order chi connectivity index (χ1) is 18.8. The van der Waals surface area contributed by atoms with Crippen molar-refractivity contribution >= 4 is 35.2 Å². The maximum absolute atomic E-state index is 12.7. The average molecular weight is 520 g/mol. The Bertz CT molecular complexity index is 1590. The van der Waals surface area contributed by atoms with E-state index in [0.29, 0.717) is 5.56 Å². The van der Waals surface area contributed by atoms with E-state index in [1.165, 1.54) is 48.5 Å². The molecule has 0 saturated carbocycles. The third-order valence-electron chi connectivity index (χ3n) is 6.14. The quantitative estimate of drug-likeness (QED) is 0.145. The third-order valence-corrected chi connectivity index (χ3v) is 6.14. The first kappa shape index (κ1) is 25.3. The molecule has 0 unspecified atom stereocenters. The number of anilines is 1. The number of carbonyl (C=O) groups is 5. The topological polar surface area (TPSA) is 107 Å². The summed E-state index contributed by atoms with van der Waals surface area (Å²) in [6.45, 7) is 1.38. The lowest BCUT2D eigenvalue weighted by atomic mass is 10.1. The number of carbonyl (C=O) groups excluding carboxylic acids is 5. The number of benzene rings is 4. The van der Waals surface area contributed by atoms with Crippen molar-refractivity contribution in [3.05, 3.63) is 130 Å². The fourth-order valence-electron chi connectivity index (χ4n) is 4.06. The van der Waals surface area contributed by atoms with Crippen LogP contribution in [0.25, 0.3) is 0 Å². The molecular formula is C31H21NO7. The van der Waals surface area contributed by atoms with E-state index in [1.54, 1.807) is 48.5 Å². The van der Waals surface area contributed by atoms with Crippen molar-refractivity contribution in [1.82, 2.24) is 0 Å². The molecule has 4 aromatic carbocycles. The van der Waals surface area contributed by atoms with Crippen molar-refractivity contribution in [3.8, 4) is 5.75 Å². The summed E-state index contributed by atoms with van der Waals surface area (Å²) in [6.07, 6.45) is 0. The zero-order valence-corrected chi connectivity index (χ0v) is 20.7. The molecule has 4 aromatic rings. The van der Waals surface area contributed by atoms with Crippen LogP contribution in [0.4, 0.5) is 5.69 Å². The monoisotopic (exact) mass is 519 g/mol.